The van der Waals surface area contributed by atoms with Gasteiger partial charge in [-0.3, -0.25) is 4.79 Å². The Morgan fingerprint density at radius 1 is 1.28 bits per heavy atom. The quantitative estimate of drug-likeness (QED) is 0.772. The number of amides is 1. The molecule has 0 unspecified atom stereocenters. The molecule has 1 N–H and O–H groups in total. The Bertz CT molecular complexity index is 711. The molecule has 0 spiro atoms. The number of rotatable bonds is 6. The van der Waals surface area contributed by atoms with Crippen molar-refractivity contribution in [1.82, 2.24) is 5.32 Å². The van der Waals surface area contributed by atoms with Crippen molar-refractivity contribution in [3.05, 3.63) is 64.1 Å². The molecule has 2 atom stereocenters. The molecule has 2 aromatic rings. The van der Waals surface area contributed by atoms with Gasteiger partial charge in [0.25, 0.3) is 5.91 Å². The van der Waals surface area contributed by atoms with Crippen LogP contribution >= 0.6 is 15.9 Å². The van der Waals surface area contributed by atoms with Crippen molar-refractivity contribution in [2.24, 2.45) is 0 Å². The number of halogens is 1. The lowest BCUT2D eigenvalue weighted by Crippen LogP contribution is -2.26. The maximum atomic E-state index is 12.4. The van der Waals surface area contributed by atoms with Gasteiger partial charge in [-0.25, -0.2) is 0 Å². The monoisotopic (exact) mass is 403 g/mol. The van der Waals surface area contributed by atoms with E-state index in [1.807, 2.05) is 43.3 Å². The molecule has 132 valence electrons. The number of nitrogens with one attached hydrogen (secondary N) is 1. The summed E-state index contributed by atoms with van der Waals surface area (Å²) in [5, 5.41) is 3.02. The minimum Gasteiger partial charge on any atom is -0.491 e. The number of carbonyl (C=O) groups excluding carboxylic acids is 1. The van der Waals surface area contributed by atoms with Crippen LogP contribution in [0, 0.1) is 0 Å². The number of benzene rings is 2. The van der Waals surface area contributed by atoms with E-state index in [2.05, 4.69) is 21.2 Å². The normalized spacial score (nSPS) is 17.9. The first-order valence-corrected chi connectivity index (χ1v) is 9.32. The van der Waals surface area contributed by atoms with Crippen LogP contribution in [0.5, 0.6) is 5.75 Å². The molecule has 1 heterocycles. The molecule has 1 amide bonds. The zero-order valence-corrected chi connectivity index (χ0v) is 15.8. The van der Waals surface area contributed by atoms with Crippen molar-refractivity contribution in [3.63, 3.8) is 0 Å². The van der Waals surface area contributed by atoms with Crippen LogP contribution in [0.15, 0.2) is 53.0 Å². The topological polar surface area (TPSA) is 47.6 Å². The van der Waals surface area contributed by atoms with Crippen LogP contribution in [0.1, 0.15) is 41.7 Å². The summed E-state index contributed by atoms with van der Waals surface area (Å²) in [7, 11) is 0. The average molecular weight is 404 g/mol. The third kappa shape index (κ3) is 4.83. The molecule has 1 saturated heterocycles. The molecular formula is C20H22BrNO3. The highest BCUT2D eigenvalue weighted by atomic mass is 79.9. The molecule has 1 aliphatic heterocycles. The van der Waals surface area contributed by atoms with Gasteiger partial charge in [0.15, 0.2) is 0 Å². The average Bonchev–Trinajstić information content (AvgIpc) is 3.14. The lowest BCUT2D eigenvalue weighted by molar-refractivity contribution is 0.0679. The van der Waals surface area contributed by atoms with Crippen molar-refractivity contribution in [2.45, 2.75) is 31.9 Å². The van der Waals surface area contributed by atoms with Gasteiger partial charge in [0.05, 0.1) is 12.1 Å². The Labute approximate surface area is 156 Å². The first kappa shape index (κ1) is 18.0. The van der Waals surface area contributed by atoms with E-state index in [1.165, 1.54) is 0 Å². The van der Waals surface area contributed by atoms with E-state index in [0.717, 1.165) is 35.2 Å². The van der Waals surface area contributed by atoms with Crippen molar-refractivity contribution in [3.8, 4) is 5.75 Å². The molecule has 5 heteroatoms. The van der Waals surface area contributed by atoms with Gasteiger partial charge in [-0.05, 0) is 55.7 Å². The second-order valence-corrected chi connectivity index (χ2v) is 7.04. The maximum Gasteiger partial charge on any atom is 0.251 e. The second-order valence-electron chi connectivity index (χ2n) is 6.19. The molecule has 1 aliphatic rings. The Hall–Kier alpha value is -1.85. The summed E-state index contributed by atoms with van der Waals surface area (Å²) in [6.07, 6.45) is 2.34. The number of ether oxygens (including phenoxy) is 2. The van der Waals surface area contributed by atoms with Crippen LogP contribution in [0.25, 0.3) is 0 Å². The first-order chi connectivity index (χ1) is 12.1. The summed E-state index contributed by atoms with van der Waals surface area (Å²) in [4.78, 5) is 12.4. The number of hydrogen-bond acceptors (Lipinski definition) is 3. The third-order valence-electron chi connectivity index (χ3n) is 4.30. The minimum atomic E-state index is -0.103. The van der Waals surface area contributed by atoms with E-state index in [9.17, 15) is 4.79 Å². The number of hydrogen-bond donors (Lipinski definition) is 1. The van der Waals surface area contributed by atoms with E-state index < -0.39 is 0 Å². The molecule has 4 nitrogen and oxygen atoms in total. The summed E-state index contributed by atoms with van der Waals surface area (Å²) in [6, 6.07) is 15.0. The zero-order chi connectivity index (χ0) is 17.6. The van der Waals surface area contributed by atoms with Crippen LogP contribution < -0.4 is 10.1 Å². The highest BCUT2D eigenvalue weighted by Crippen LogP contribution is 2.23. The van der Waals surface area contributed by atoms with Crippen LogP contribution in [0.3, 0.4) is 0 Å². The summed E-state index contributed by atoms with van der Waals surface area (Å²) in [5.41, 5.74) is 1.66. The molecular weight excluding hydrogens is 382 g/mol. The van der Waals surface area contributed by atoms with Gasteiger partial charge in [-0.15, -0.1) is 0 Å². The summed E-state index contributed by atoms with van der Waals surface area (Å²) >= 11 is 3.52. The Balaban J connectivity index is 1.56. The van der Waals surface area contributed by atoms with E-state index in [0.29, 0.717) is 12.2 Å². The predicted molar refractivity (Wildman–Crippen MR) is 101 cm³/mol. The molecule has 3 rings (SSSR count). The van der Waals surface area contributed by atoms with Gasteiger partial charge in [-0.2, -0.15) is 0 Å². The van der Waals surface area contributed by atoms with E-state index in [-0.39, 0.29) is 18.1 Å². The minimum absolute atomic E-state index is 0.0847. The SMILES string of the molecule is C[C@H](NC(=O)c1ccc(OC[C@H]2CCCO2)cc1)c1ccccc1Br. The van der Waals surface area contributed by atoms with Gasteiger partial charge >= 0.3 is 0 Å². The Morgan fingerprint density at radius 2 is 2.04 bits per heavy atom. The fourth-order valence-electron chi connectivity index (χ4n) is 2.85. The molecule has 0 bridgehead atoms. The fourth-order valence-corrected chi connectivity index (χ4v) is 3.48. The fraction of sp³-hybridized carbons (Fsp3) is 0.350. The Kier molecular flexibility index (Phi) is 6.10. The molecule has 0 radical (unpaired) electrons. The van der Waals surface area contributed by atoms with Gasteiger partial charge in [0.2, 0.25) is 0 Å². The smallest absolute Gasteiger partial charge is 0.251 e. The largest absolute Gasteiger partial charge is 0.491 e. The van der Waals surface area contributed by atoms with E-state index in [1.54, 1.807) is 12.1 Å². The van der Waals surface area contributed by atoms with Crippen LogP contribution in [-0.2, 0) is 4.74 Å². The van der Waals surface area contributed by atoms with Crippen molar-refractivity contribution >= 4 is 21.8 Å². The number of carbonyl (C=O) groups is 1. The van der Waals surface area contributed by atoms with Gasteiger partial charge in [0, 0.05) is 16.6 Å². The molecule has 0 saturated carbocycles. The maximum absolute atomic E-state index is 12.4. The summed E-state index contributed by atoms with van der Waals surface area (Å²) in [6.45, 7) is 3.35. The molecule has 25 heavy (non-hydrogen) atoms. The Morgan fingerprint density at radius 3 is 2.72 bits per heavy atom. The summed E-state index contributed by atoms with van der Waals surface area (Å²) in [5.74, 6) is 0.653. The lowest BCUT2D eigenvalue weighted by Gasteiger charge is -2.16. The summed E-state index contributed by atoms with van der Waals surface area (Å²) < 4.78 is 12.3. The van der Waals surface area contributed by atoms with E-state index in [4.69, 9.17) is 9.47 Å². The highest BCUT2D eigenvalue weighted by molar-refractivity contribution is 9.10. The molecule has 0 aliphatic carbocycles. The molecule has 0 aromatic heterocycles. The lowest BCUT2D eigenvalue weighted by atomic mass is 10.1. The van der Waals surface area contributed by atoms with Crippen molar-refractivity contribution in [2.75, 3.05) is 13.2 Å². The first-order valence-electron chi connectivity index (χ1n) is 8.53. The third-order valence-corrected chi connectivity index (χ3v) is 5.02. The van der Waals surface area contributed by atoms with Crippen LogP contribution in [0.2, 0.25) is 0 Å². The van der Waals surface area contributed by atoms with Crippen molar-refractivity contribution < 1.29 is 14.3 Å². The standard InChI is InChI=1S/C20H22BrNO3/c1-14(18-6-2-3-7-19(18)21)22-20(23)15-8-10-16(11-9-15)25-13-17-5-4-12-24-17/h2-3,6-11,14,17H,4-5,12-13H2,1H3,(H,22,23)/t14-,17+/m0/s1. The van der Waals surface area contributed by atoms with Crippen LogP contribution in [0.4, 0.5) is 0 Å². The van der Waals surface area contributed by atoms with Crippen LogP contribution in [-0.4, -0.2) is 25.2 Å². The predicted octanol–water partition coefficient (Wildman–Crippen LogP) is 4.50. The van der Waals surface area contributed by atoms with Gasteiger partial charge in [-0.1, -0.05) is 34.1 Å². The molecule has 1 fully saturated rings. The zero-order valence-electron chi connectivity index (χ0n) is 14.2. The van der Waals surface area contributed by atoms with Gasteiger partial charge < -0.3 is 14.8 Å². The van der Waals surface area contributed by atoms with E-state index >= 15 is 0 Å². The molecule has 2 aromatic carbocycles. The second kappa shape index (κ2) is 8.50. The highest BCUT2D eigenvalue weighted by Gasteiger charge is 2.16. The van der Waals surface area contributed by atoms with Crippen molar-refractivity contribution in [1.29, 1.82) is 0 Å². The van der Waals surface area contributed by atoms with Gasteiger partial charge in [0.1, 0.15) is 12.4 Å².